The Kier molecular flexibility index (Phi) is 6.92. The SMILES string of the molecule is O=C(NC1CCC1)c1ccc2nc(-c3cccc(NS(=O)(=O)NCC(=O)N4CCCCC4)c3)cn2c1. The van der Waals surface area contributed by atoms with Crippen molar-refractivity contribution in [1.82, 2.24) is 24.3 Å². The number of nitrogens with zero attached hydrogens (tertiary/aromatic N) is 3. The van der Waals surface area contributed by atoms with Gasteiger partial charge in [-0.25, -0.2) is 4.98 Å². The maximum Gasteiger partial charge on any atom is 0.299 e. The van der Waals surface area contributed by atoms with Crippen molar-refractivity contribution in [1.29, 1.82) is 0 Å². The van der Waals surface area contributed by atoms with Gasteiger partial charge in [0.2, 0.25) is 5.91 Å². The molecule has 5 rings (SSSR count). The topological polar surface area (TPSA) is 125 Å². The summed E-state index contributed by atoms with van der Waals surface area (Å²) in [5.41, 5.74) is 2.94. The van der Waals surface area contributed by atoms with Crippen LogP contribution < -0.4 is 14.8 Å². The number of nitrogens with one attached hydrogen (secondary N) is 3. The van der Waals surface area contributed by atoms with Crippen LogP contribution in [0.15, 0.2) is 48.8 Å². The number of pyridine rings is 1. The normalized spacial score (nSPS) is 16.5. The van der Waals surface area contributed by atoms with Gasteiger partial charge in [0.25, 0.3) is 16.1 Å². The van der Waals surface area contributed by atoms with Crippen LogP contribution in [0.2, 0.25) is 0 Å². The number of amides is 2. The number of anilines is 1. The van der Waals surface area contributed by atoms with Crippen molar-refractivity contribution in [3.05, 3.63) is 54.4 Å². The maximum atomic E-state index is 12.5. The molecule has 0 unspecified atom stereocenters. The van der Waals surface area contributed by atoms with E-state index in [4.69, 9.17) is 0 Å². The van der Waals surface area contributed by atoms with Crippen LogP contribution in [0.1, 0.15) is 48.9 Å². The van der Waals surface area contributed by atoms with Gasteiger partial charge >= 0.3 is 0 Å². The van der Waals surface area contributed by atoms with Crippen molar-refractivity contribution in [3.8, 4) is 11.3 Å². The van der Waals surface area contributed by atoms with Crippen molar-refractivity contribution in [3.63, 3.8) is 0 Å². The smallest absolute Gasteiger partial charge is 0.299 e. The molecule has 10 nitrogen and oxygen atoms in total. The number of piperidine rings is 1. The highest BCUT2D eigenvalue weighted by Gasteiger charge is 2.21. The monoisotopic (exact) mass is 510 g/mol. The number of aromatic nitrogens is 2. The van der Waals surface area contributed by atoms with Crippen molar-refractivity contribution in [2.45, 2.75) is 44.6 Å². The maximum absolute atomic E-state index is 12.5. The quantitative estimate of drug-likeness (QED) is 0.430. The Labute approximate surface area is 210 Å². The standard InChI is InChI=1S/C25H30N6O4S/c32-24(30-12-2-1-3-13-30)15-26-36(34,35)29-21-9-4-6-18(14-21)22-17-31-16-19(10-11-23(31)28-22)25(33)27-20-7-5-8-20/h4,6,9-11,14,16-17,20,26,29H,1-3,5,7-8,12-13,15H2,(H,27,33). The van der Waals surface area contributed by atoms with Gasteiger partial charge in [0, 0.05) is 37.1 Å². The lowest BCUT2D eigenvalue weighted by atomic mass is 9.93. The minimum absolute atomic E-state index is 0.0977. The molecule has 0 radical (unpaired) electrons. The number of hydrogen-bond acceptors (Lipinski definition) is 5. The molecule has 0 bridgehead atoms. The molecule has 2 aromatic heterocycles. The van der Waals surface area contributed by atoms with E-state index >= 15 is 0 Å². The molecular formula is C25H30N6O4S. The van der Waals surface area contributed by atoms with Gasteiger partial charge in [-0.15, -0.1) is 0 Å². The molecule has 3 heterocycles. The third-order valence-electron chi connectivity index (χ3n) is 6.69. The number of rotatable bonds is 8. The molecule has 1 aliphatic heterocycles. The number of benzene rings is 1. The Morgan fingerprint density at radius 1 is 1.00 bits per heavy atom. The molecule has 3 aromatic rings. The van der Waals surface area contributed by atoms with Crippen LogP contribution in [-0.2, 0) is 15.0 Å². The Morgan fingerprint density at radius 2 is 1.81 bits per heavy atom. The predicted molar refractivity (Wildman–Crippen MR) is 137 cm³/mol. The minimum atomic E-state index is -3.93. The molecule has 11 heteroatoms. The third-order valence-corrected chi connectivity index (χ3v) is 7.72. The third kappa shape index (κ3) is 5.68. The second-order valence-electron chi connectivity index (χ2n) is 9.36. The summed E-state index contributed by atoms with van der Waals surface area (Å²) in [5.74, 6) is -0.321. The predicted octanol–water partition coefficient (Wildman–Crippen LogP) is 2.54. The highest BCUT2D eigenvalue weighted by molar-refractivity contribution is 7.90. The van der Waals surface area contributed by atoms with E-state index in [0.717, 1.165) is 38.5 Å². The average Bonchev–Trinajstić information content (AvgIpc) is 3.29. The van der Waals surface area contributed by atoms with Gasteiger partial charge in [0.05, 0.1) is 23.5 Å². The second kappa shape index (κ2) is 10.3. The van der Waals surface area contributed by atoms with E-state index in [2.05, 4.69) is 19.7 Å². The van der Waals surface area contributed by atoms with Gasteiger partial charge in [-0.3, -0.25) is 14.3 Å². The summed E-state index contributed by atoms with van der Waals surface area (Å²) >= 11 is 0. The first-order chi connectivity index (χ1) is 17.4. The van der Waals surface area contributed by atoms with Gasteiger partial charge in [0.15, 0.2) is 0 Å². The number of carbonyl (C=O) groups excluding carboxylic acids is 2. The van der Waals surface area contributed by atoms with E-state index < -0.39 is 10.2 Å². The largest absolute Gasteiger partial charge is 0.349 e. The Balaban J connectivity index is 1.25. The van der Waals surface area contributed by atoms with Crippen molar-refractivity contribution in [2.24, 2.45) is 0 Å². The number of imidazole rings is 1. The summed E-state index contributed by atoms with van der Waals surface area (Å²) in [6.45, 7) is 1.06. The zero-order valence-electron chi connectivity index (χ0n) is 19.9. The molecule has 0 spiro atoms. The van der Waals surface area contributed by atoms with E-state index in [1.807, 2.05) is 6.07 Å². The first-order valence-electron chi connectivity index (χ1n) is 12.3. The molecule has 2 fully saturated rings. The van der Waals surface area contributed by atoms with E-state index in [1.54, 1.807) is 52.0 Å². The van der Waals surface area contributed by atoms with Gasteiger partial charge in [-0.05, 0) is 62.8 Å². The summed E-state index contributed by atoms with van der Waals surface area (Å²) in [4.78, 5) is 31.1. The zero-order valence-corrected chi connectivity index (χ0v) is 20.8. The summed E-state index contributed by atoms with van der Waals surface area (Å²) < 4.78 is 31.7. The Morgan fingerprint density at radius 3 is 2.56 bits per heavy atom. The van der Waals surface area contributed by atoms with Crippen LogP contribution in [0.4, 0.5) is 5.69 Å². The summed E-state index contributed by atoms with van der Waals surface area (Å²) in [7, 11) is -3.93. The molecular weight excluding hydrogens is 480 g/mol. The molecule has 190 valence electrons. The van der Waals surface area contributed by atoms with Crippen LogP contribution in [0.3, 0.4) is 0 Å². The molecule has 1 saturated carbocycles. The van der Waals surface area contributed by atoms with Gasteiger partial charge in [0.1, 0.15) is 5.65 Å². The van der Waals surface area contributed by atoms with Crippen molar-refractivity contribution >= 4 is 33.4 Å². The van der Waals surface area contributed by atoms with Crippen molar-refractivity contribution in [2.75, 3.05) is 24.4 Å². The fourth-order valence-corrected chi connectivity index (χ4v) is 5.25. The Hall–Kier alpha value is -3.44. The fourth-order valence-electron chi connectivity index (χ4n) is 4.43. The zero-order chi connectivity index (χ0) is 25.1. The lowest BCUT2D eigenvalue weighted by Gasteiger charge is -2.26. The minimum Gasteiger partial charge on any atom is -0.349 e. The molecule has 1 saturated heterocycles. The van der Waals surface area contributed by atoms with E-state index in [9.17, 15) is 18.0 Å². The number of hydrogen-bond donors (Lipinski definition) is 3. The van der Waals surface area contributed by atoms with Crippen LogP contribution in [0.5, 0.6) is 0 Å². The molecule has 3 N–H and O–H groups in total. The van der Waals surface area contributed by atoms with E-state index in [-0.39, 0.29) is 24.4 Å². The molecule has 2 amide bonds. The van der Waals surface area contributed by atoms with E-state index in [1.165, 1.54) is 0 Å². The van der Waals surface area contributed by atoms with Gasteiger partial charge in [-0.2, -0.15) is 13.1 Å². The average molecular weight is 511 g/mol. The van der Waals surface area contributed by atoms with E-state index in [0.29, 0.717) is 41.2 Å². The van der Waals surface area contributed by atoms with Crippen LogP contribution in [-0.4, -0.2) is 60.2 Å². The lowest BCUT2D eigenvalue weighted by Crippen LogP contribution is -2.43. The molecule has 1 aromatic carbocycles. The first kappa shape index (κ1) is 24.3. The second-order valence-corrected chi connectivity index (χ2v) is 10.9. The summed E-state index contributed by atoms with van der Waals surface area (Å²) in [5, 5.41) is 3.03. The fraction of sp³-hybridized carbons (Fsp3) is 0.400. The number of likely N-dealkylation sites (tertiary alicyclic amines) is 1. The van der Waals surface area contributed by atoms with Gasteiger partial charge in [-0.1, -0.05) is 12.1 Å². The van der Waals surface area contributed by atoms with Crippen LogP contribution >= 0.6 is 0 Å². The Bertz CT molecular complexity index is 1380. The molecule has 1 aliphatic carbocycles. The highest BCUT2D eigenvalue weighted by Crippen LogP contribution is 2.24. The molecule has 2 aliphatic rings. The molecule has 0 atom stereocenters. The lowest BCUT2D eigenvalue weighted by molar-refractivity contribution is -0.130. The highest BCUT2D eigenvalue weighted by atomic mass is 32.2. The summed E-state index contributed by atoms with van der Waals surface area (Å²) in [6, 6.07) is 10.7. The summed E-state index contributed by atoms with van der Waals surface area (Å²) in [6.07, 6.45) is 9.73. The van der Waals surface area contributed by atoms with Gasteiger partial charge < -0.3 is 14.6 Å². The number of fused-ring (bicyclic) bond motifs is 1. The first-order valence-corrected chi connectivity index (χ1v) is 13.8. The molecule has 36 heavy (non-hydrogen) atoms. The van der Waals surface area contributed by atoms with Crippen LogP contribution in [0, 0.1) is 0 Å². The van der Waals surface area contributed by atoms with Crippen LogP contribution in [0.25, 0.3) is 16.9 Å². The number of carbonyl (C=O) groups is 2. The van der Waals surface area contributed by atoms with Crippen molar-refractivity contribution < 1.29 is 18.0 Å².